The molecule has 0 atom stereocenters. The van der Waals surface area contributed by atoms with Gasteiger partial charge in [0.2, 0.25) is 0 Å². The number of anilines is 1. The molecule has 3 fully saturated rings. The molecule has 8 nitrogen and oxygen atoms in total. The molecular formula is C31H39FN4O4S. The highest BCUT2D eigenvalue weighted by molar-refractivity contribution is 7.91. The molecule has 1 aromatic heterocycles. The van der Waals surface area contributed by atoms with Crippen molar-refractivity contribution in [1.82, 2.24) is 15.4 Å². The number of nitrogens with one attached hydrogen (secondary N) is 1. The van der Waals surface area contributed by atoms with Crippen LogP contribution in [-0.4, -0.2) is 74.7 Å². The highest BCUT2D eigenvalue weighted by Gasteiger charge is 2.27. The molecule has 3 aliphatic rings. The number of sulfone groups is 1. The van der Waals surface area contributed by atoms with Gasteiger partial charge in [0.1, 0.15) is 5.82 Å². The minimum absolute atomic E-state index is 0.0332. The lowest BCUT2D eigenvalue weighted by Gasteiger charge is -2.34. The first kappa shape index (κ1) is 28.2. The Kier molecular flexibility index (Phi) is 8.30. The number of piperidine rings is 1. The van der Waals surface area contributed by atoms with Crippen LogP contribution in [0.15, 0.2) is 47.0 Å². The molecule has 10 heteroatoms. The molecule has 2 aromatic carbocycles. The van der Waals surface area contributed by atoms with E-state index in [0.717, 1.165) is 74.9 Å². The number of fused-ring (bicyclic) bond motifs is 1. The zero-order chi connectivity index (χ0) is 28.4. The molecule has 220 valence electrons. The first-order chi connectivity index (χ1) is 19.8. The first-order valence-corrected chi connectivity index (χ1v) is 16.8. The number of carbonyl (C=O) groups is 1. The van der Waals surface area contributed by atoms with Gasteiger partial charge in [-0.25, -0.2) is 12.8 Å². The molecule has 1 amide bonds. The number of likely N-dealkylation sites (tertiary alicyclic amines) is 1. The zero-order valence-electron chi connectivity index (χ0n) is 23.4. The van der Waals surface area contributed by atoms with E-state index >= 15 is 0 Å². The van der Waals surface area contributed by atoms with Gasteiger partial charge < -0.3 is 19.6 Å². The maximum atomic E-state index is 13.5. The summed E-state index contributed by atoms with van der Waals surface area (Å²) in [5.41, 5.74) is 3.11. The Bertz CT molecular complexity index is 1450. The third-order valence-corrected chi connectivity index (χ3v) is 10.9. The van der Waals surface area contributed by atoms with E-state index in [9.17, 15) is 17.6 Å². The summed E-state index contributed by atoms with van der Waals surface area (Å²) in [7, 11) is -2.91. The molecule has 41 heavy (non-hydrogen) atoms. The number of rotatable bonds is 7. The fourth-order valence-corrected chi connectivity index (χ4v) is 7.88. The predicted octanol–water partition coefficient (Wildman–Crippen LogP) is 4.76. The fraction of sp³-hybridized carbons (Fsp3) is 0.548. The highest BCUT2D eigenvalue weighted by atomic mass is 32.2. The smallest absolute Gasteiger partial charge is 0.251 e. The van der Waals surface area contributed by atoms with E-state index in [4.69, 9.17) is 4.52 Å². The van der Waals surface area contributed by atoms with Crippen LogP contribution < -0.4 is 10.2 Å². The number of aromatic nitrogens is 1. The van der Waals surface area contributed by atoms with Gasteiger partial charge in [-0.3, -0.25) is 4.79 Å². The predicted molar refractivity (Wildman–Crippen MR) is 158 cm³/mol. The van der Waals surface area contributed by atoms with Gasteiger partial charge in [-0.2, -0.15) is 0 Å². The van der Waals surface area contributed by atoms with Gasteiger partial charge in [0.25, 0.3) is 5.91 Å². The Labute approximate surface area is 241 Å². The number of hydrogen-bond donors (Lipinski definition) is 1. The monoisotopic (exact) mass is 582 g/mol. The summed E-state index contributed by atoms with van der Waals surface area (Å²) in [6, 6.07) is 12.4. The zero-order valence-corrected chi connectivity index (χ0v) is 24.3. The molecular weight excluding hydrogens is 543 g/mol. The van der Waals surface area contributed by atoms with Gasteiger partial charge in [0.05, 0.1) is 17.2 Å². The van der Waals surface area contributed by atoms with Crippen LogP contribution in [0, 0.1) is 11.7 Å². The number of benzene rings is 2. The minimum atomic E-state index is -2.91. The minimum Gasteiger partial charge on any atom is -0.369 e. The number of halogens is 1. The quantitative estimate of drug-likeness (QED) is 0.429. The van der Waals surface area contributed by atoms with Crippen molar-refractivity contribution in [2.75, 3.05) is 49.1 Å². The Hall–Kier alpha value is -2.98. The summed E-state index contributed by atoms with van der Waals surface area (Å²) in [5, 5.41) is 8.43. The van der Waals surface area contributed by atoms with Gasteiger partial charge in [-0.05, 0) is 107 Å². The second-order valence-electron chi connectivity index (χ2n) is 12.0. The molecule has 0 radical (unpaired) electrons. The average Bonchev–Trinajstić information content (AvgIpc) is 3.40. The van der Waals surface area contributed by atoms with E-state index < -0.39 is 9.84 Å². The summed E-state index contributed by atoms with van der Waals surface area (Å²) in [6.45, 7) is 4.19. The maximum Gasteiger partial charge on any atom is 0.251 e. The number of carbonyl (C=O) groups excluding carboxylic acids is 1. The van der Waals surface area contributed by atoms with Crippen molar-refractivity contribution in [2.24, 2.45) is 5.92 Å². The SMILES string of the molecule is O=C(NC1CCC(CCN2CCC(c3noc4cc(F)ccc34)CC2)CC1)c1ccc(N2CCS(=O)(=O)CC2)cc1. The lowest BCUT2D eigenvalue weighted by atomic mass is 9.83. The Morgan fingerprint density at radius 3 is 2.37 bits per heavy atom. The van der Waals surface area contributed by atoms with Gasteiger partial charge >= 0.3 is 0 Å². The Morgan fingerprint density at radius 2 is 1.66 bits per heavy atom. The molecule has 1 aliphatic carbocycles. The standard InChI is InChI=1S/C31H39FN4O4S/c32-25-5-10-28-29(21-25)40-34-30(28)23-12-15-35(16-13-23)14-11-22-1-6-26(7-2-22)33-31(37)24-3-8-27(9-4-24)36-17-19-41(38,39)20-18-36/h3-5,8-10,21-23,26H,1-2,6-7,11-20H2,(H,33,37). The van der Waals surface area contributed by atoms with Crippen LogP contribution in [0.5, 0.6) is 0 Å². The number of amides is 1. The van der Waals surface area contributed by atoms with Crippen molar-refractivity contribution in [3.05, 3.63) is 59.5 Å². The van der Waals surface area contributed by atoms with Crippen molar-refractivity contribution >= 4 is 32.4 Å². The summed E-state index contributed by atoms with van der Waals surface area (Å²) >= 11 is 0. The van der Waals surface area contributed by atoms with Crippen molar-refractivity contribution < 1.29 is 22.1 Å². The van der Waals surface area contributed by atoms with E-state index in [2.05, 4.69) is 20.3 Å². The van der Waals surface area contributed by atoms with Crippen LogP contribution in [0.1, 0.15) is 66.9 Å². The highest BCUT2D eigenvalue weighted by Crippen LogP contribution is 2.34. The van der Waals surface area contributed by atoms with Gasteiger partial charge in [-0.15, -0.1) is 0 Å². The van der Waals surface area contributed by atoms with E-state index in [1.54, 1.807) is 6.07 Å². The Morgan fingerprint density at radius 1 is 0.951 bits per heavy atom. The van der Waals surface area contributed by atoms with Crippen LogP contribution in [0.3, 0.4) is 0 Å². The van der Waals surface area contributed by atoms with Crippen molar-refractivity contribution in [3.63, 3.8) is 0 Å². The first-order valence-electron chi connectivity index (χ1n) is 15.0. The second kappa shape index (κ2) is 12.1. The van der Waals surface area contributed by atoms with E-state index in [-0.39, 0.29) is 29.3 Å². The lowest BCUT2D eigenvalue weighted by Crippen LogP contribution is -2.40. The van der Waals surface area contributed by atoms with Crippen molar-refractivity contribution in [3.8, 4) is 0 Å². The molecule has 0 unspecified atom stereocenters. The maximum absolute atomic E-state index is 13.5. The number of nitrogens with zero attached hydrogens (tertiary/aromatic N) is 3. The van der Waals surface area contributed by atoms with Crippen LogP contribution in [-0.2, 0) is 9.84 Å². The largest absolute Gasteiger partial charge is 0.369 e. The Balaban J connectivity index is 0.901. The van der Waals surface area contributed by atoms with E-state index in [0.29, 0.717) is 36.1 Å². The van der Waals surface area contributed by atoms with E-state index in [1.165, 1.54) is 18.6 Å². The molecule has 3 heterocycles. The van der Waals surface area contributed by atoms with Crippen LogP contribution in [0.25, 0.3) is 11.0 Å². The van der Waals surface area contributed by atoms with Gasteiger partial charge in [0.15, 0.2) is 15.4 Å². The van der Waals surface area contributed by atoms with Crippen molar-refractivity contribution in [1.29, 1.82) is 0 Å². The molecule has 2 aliphatic heterocycles. The second-order valence-corrected chi connectivity index (χ2v) is 14.3. The average molecular weight is 583 g/mol. The summed E-state index contributed by atoms with van der Waals surface area (Å²) in [5.74, 6) is 1.09. The van der Waals surface area contributed by atoms with E-state index in [1.807, 2.05) is 24.3 Å². The third-order valence-electron chi connectivity index (χ3n) is 9.31. The fourth-order valence-electron chi connectivity index (χ4n) is 6.68. The third kappa shape index (κ3) is 6.75. The molecule has 6 rings (SSSR count). The topological polar surface area (TPSA) is 95.8 Å². The van der Waals surface area contributed by atoms with Crippen molar-refractivity contribution in [2.45, 2.75) is 56.9 Å². The molecule has 1 N–H and O–H groups in total. The van der Waals surface area contributed by atoms with Crippen LogP contribution in [0.4, 0.5) is 10.1 Å². The molecule has 1 saturated carbocycles. The van der Waals surface area contributed by atoms with Gasteiger partial charge in [0, 0.05) is 47.8 Å². The molecule has 3 aromatic rings. The summed E-state index contributed by atoms with van der Waals surface area (Å²) < 4.78 is 42.2. The molecule has 0 spiro atoms. The summed E-state index contributed by atoms with van der Waals surface area (Å²) in [6.07, 6.45) is 7.57. The van der Waals surface area contributed by atoms with Crippen LogP contribution in [0.2, 0.25) is 0 Å². The molecule has 0 bridgehead atoms. The summed E-state index contributed by atoms with van der Waals surface area (Å²) in [4.78, 5) is 17.5. The van der Waals surface area contributed by atoms with Gasteiger partial charge in [-0.1, -0.05) is 5.16 Å². The normalized spacial score (nSPS) is 24.0. The lowest BCUT2D eigenvalue weighted by molar-refractivity contribution is 0.0919. The number of hydrogen-bond acceptors (Lipinski definition) is 7. The molecule has 2 saturated heterocycles. The van der Waals surface area contributed by atoms with Crippen LogP contribution >= 0.6 is 0 Å².